The molecule has 2 fully saturated rings. The number of aryl methyl sites for hydroxylation is 2. The summed E-state index contributed by atoms with van der Waals surface area (Å²) in [4.78, 5) is 33.1. The topological polar surface area (TPSA) is 43.9 Å². The minimum atomic E-state index is -0.215. The molecule has 0 spiro atoms. The SMILES string of the molecule is Cc1ccc(C2=C(N3CCCC3)C(=O)N(c3ccc(N4CCCC4)cc3)C2=O)c(C)c1. The molecule has 3 heterocycles. The lowest BCUT2D eigenvalue weighted by Crippen LogP contribution is -2.34. The maximum absolute atomic E-state index is 13.7. The van der Waals surface area contributed by atoms with Gasteiger partial charge in [-0.05, 0) is 74.9 Å². The average molecular weight is 416 g/mol. The molecule has 3 aliphatic rings. The highest BCUT2D eigenvalue weighted by Gasteiger charge is 2.43. The highest BCUT2D eigenvalue weighted by atomic mass is 16.2. The van der Waals surface area contributed by atoms with Crippen LogP contribution in [0.5, 0.6) is 0 Å². The minimum absolute atomic E-state index is 0.198. The first-order valence-corrected chi connectivity index (χ1v) is 11.4. The third-order valence-electron chi connectivity index (χ3n) is 6.71. The lowest BCUT2D eigenvalue weighted by Gasteiger charge is -2.21. The van der Waals surface area contributed by atoms with Gasteiger partial charge in [0.15, 0.2) is 0 Å². The molecule has 2 amide bonds. The summed E-state index contributed by atoms with van der Waals surface area (Å²) in [5.74, 6) is -0.413. The Labute approximate surface area is 183 Å². The number of nitrogens with zero attached hydrogens (tertiary/aromatic N) is 3. The second-order valence-electron chi connectivity index (χ2n) is 8.89. The Morgan fingerprint density at radius 3 is 1.87 bits per heavy atom. The van der Waals surface area contributed by atoms with Crippen molar-refractivity contribution in [3.05, 3.63) is 64.9 Å². The van der Waals surface area contributed by atoms with Crippen LogP contribution in [0.3, 0.4) is 0 Å². The van der Waals surface area contributed by atoms with Gasteiger partial charge in [0.1, 0.15) is 5.70 Å². The second kappa shape index (κ2) is 7.88. The fraction of sp³-hybridized carbons (Fsp3) is 0.385. The van der Waals surface area contributed by atoms with E-state index in [0.717, 1.165) is 61.4 Å². The van der Waals surface area contributed by atoms with Crippen LogP contribution in [0.25, 0.3) is 5.57 Å². The Bertz CT molecular complexity index is 1060. The van der Waals surface area contributed by atoms with Gasteiger partial charge in [-0.3, -0.25) is 9.59 Å². The number of imide groups is 1. The average Bonchev–Trinajstić information content (AvgIpc) is 3.50. The molecule has 5 rings (SSSR count). The standard InChI is InChI=1S/C26H29N3O2/c1-18-7-12-22(19(2)17-18)23-24(28-15-5-6-16-28)26(31)29(25(23)30)21-10-8-20(9-11-21)27-13-3-4-14-27/h7-12,17H,3-6,13-16H2,1-2H3. The van der Waals surface area contributed by atoms with Gasteiger partial charge in [0, 0.05) is 31.9 Å². The van der Waals surface area contributed by atoms with Crippen molar-refractivity contribution in [1.29, 1.82) is 0 Å². The molecule has 0 bridgehead atoms. The molecule has 0 unspecified atom stereocenters. The van der Waals surface area contributed by atoms with Gasteiger partial charge >= 0.3 is 0 Å². The van der Waals surface area contributed by atoms with E-state index in [2.05, 4.69) is 15.9 Å². The minimum Gasteiger partial charge on any atom is -0.372 e. The van der Waals surface area contributed by atoms with Crippen molar-refractivity contribution < 1.29 is 9.59 Å². The highest BCUT2D eigenvalue weighted by molar-refractivity contribution is 6.45. The normalized spacial score (nSPS) is 19.4. The van der Waals surface area contributed by atoms with Gasteiger partial charge in [-0.15, -0.1) is 0 Å². The maximum atomic E-state index is 13.7. The molecule has 0 saturated carbocycles. The van der Waals surface area contributed by atoms with E-state index in [4.69, 9.17) is 0 Å². The molecular weight excluding hydrogens is 386 g/mol. The largest absolute Gasteiger partial charge is 0.372 e. The molecule has 2 saturated heterocycles. The molecule has 160 valence electrons. The number of amides is 2. The summed E-state index contributed by atoms with van der Waals surface area (Å²) in [6, 6.07) is 14.0. The third kappa shape index (κ3) is 3.42. The lowest BCUT2D eigenvalue weighted by molar-refractivity contribution is -0.120. The molecule has 2 aromatic rings. The highest BCUT2D eigenvalue weighted by Crippen LogP contribution is 2.38. The van der Waals surface area contributed by atoms with E-state index in [1.165, 1.54) is 17.7 Å². The number of carbonyl (C=O) groups excluding carboxylic acids is 2. The number of hydrogen-bond donors (Lipinski definition) is 0. The molecule has 3 aliphatic heterocycles. The number of benzene rings is 2. The Morgan fingerprint density at radius 2 is 1.26 bits per heavy atom. The molecule has 0 N–H and O–H groups in total. The quantitative estimate of drug-likeness (QED) is 0.699. The molecule has 5 nitrogen and oxygen atoms in total. The van der Waals surface area contributed by atoms with Gasteiger partial charge in [0.2, 0.25) is 0 Å². The summed E-state index contributed by atoms with van der Waals surface area (Å²) < 4.78 is 0. The zero-order valence-corrected chi connectivity index (χ0v) is 18.4. The van der Waals surface area contributed by atoms with E-state index in [0.29, 0.717) is 17.0 Å². The predicted molar refractivity (Wildman–Crippen MR) is 124 cm³/mol. The molecule has 2 aromatic carbocycles. The van der Waals surface area contributed by atoms with Gasteiger partial charge in [-0.2, -0.15) is 0 Å². The van der Waals surface area contributed by atoms with Gasteiger partial charge in [-0.1, -0.05) is 23.8 Å². The van der Waals surface area contributed by atoms with Crippen LogP contribution in [0, 0.1) is 13.8 Å². The summed E-state index contributed by atoms with van der Waals surface area (Å²) in [5, 5.41) is 0. The Hall–Kier alpha value is -3.08. The summed E-state index contributed by atoms with van der Waals surface area (Å²) in [5.41, 5.74) is 5.96. The first-order valence-electron chi connectivity index (χ1n) is 11.4. The van der Waals surface area contributed by atoms with E-state index >= 15 is 0 Å². The van der Waals surface area contributed by atoms with Crippen LogP contribution in [0.2, 0.25) is 0 Å². The van der Waals surface area contributed by atoms with Crippen molar-refractivity contribution in [2.45, 2.75) is 39.5 Å². The number of hydrogen-bond acceptors (Lipinski definition) is 4. The monoisotopic (exact) mass is 415 g/mol. The first kappa shape index (κ1) is 19.9. The number of anilines is 2. The molecule has 0 aromatic heterocycles. The van der Waals surface area contributed by atoms with Gasteiger partial charge in [0.05, 0.1) is 11.3 Å². The molecule has 0 atom stereocenters. The van der Waals surface area contributed by atoms with Crippen LogP contribution in [-0.2, 0) is 9.59 Å². The Balaban J connectivity index is 1.54. The number of likely N-dealkylation sites (tertiary alicyclic amines) is 1. The van der Waals surface area contributed by atoms with Crippen LogP contribution < -0.4 is 9.80 Å². The smallest absolute Gasteiger partial charge is 0.282 e. The first-order chi connectivity index (χ1) is 15.0. The molecule has 31 heavy (non-hydrogen) atoms. The van der Waals surface area contributed by atoms with Crippen molar-refractivity contribution >= 4 is 28.8 Å². The van der Waals surface area contributed by atoms with Crippen molar-refractivity contribution in [3.8, 4) is 0 Å². The summed E-state index contributed by atoms with van der Waals surface area (Å²) >= 11 is 0. The molecule has 0 aliphatic carbocycles. The summed E-state index contributed by atoms with van der Waals surface area (Å²) in [7, 11) is 0. The van der Waals surface area contributed by atoms with E-state index in [1.807, 2.05) is 50.2 Å². The molecular formula is C26H29N3O2. The van der Waals surface area contributed by atoms with Crippen LogP contribution in [0.1, 0.15) is 42.4 Å². The molecule has 0 radical (unpaired) electrons. The summed E-state index contributed by atoms with van der Waals surface area (Å²) in [6.45, 7) is 7.84. The Morgan fingerprint density at radius 1 is 0.677 bits per heavy atom. The van der Waals surface area contributed by atoms with Crippen LogP contribution in [-0.4, -0.2) is 42.9 Å². The van der Waals surface area contributed by atoms with Crippen LogP contribution in [0.4, 0.5) is 11.4 Å². The fourth-order valence-corrected chi connectivity index (χ4v) is 5.11. The van der Waals surface area contributed by atoms with Gasteiger partial charge < -0.3 is 9.80 Å². The van der Waals surface area contributed by atoms with Crippen LogP contribution >= 0.6 is 0 Å². The third-order valence-corrected chi connectivity index (χ3v) is 6.71. The molecule has 5 heteroatoms. The zero-order valence-electron chi connectivity index (χ0n) is 18.4. The Kier molecular flexibility index (Phi) is 5.05. The second-order valence-corrected chi connectivity index (χ2v) is 8.89. The van der Waals surface area contributed by atoms with Crippen molar-refractivity contribution in [1.82, 2.24) is 4.90 Å². The van der Waals surface area contributed by atoms with Gasteiger partial charge in [0.25, 0.3) is 11.8 Å². The number of rotatable bonds is 4. The van der Waals surface area contributed by atoms with Crippen molar-refractivity contribution in [3.63, 3.8) is 0 Å². The van der Waals surface area contributed by atoms with E-state index < -0.39 is 0 Å². The number of carbonyl (C=O) groups is 2. The van der Waals surface area contributed by atoms with Crippen molar-refractivity contribution in [2.75, 3.05) is 36.0 Å². The van der Waals surface area contributed by atoms with Crippen molar-refractivity contribution in [2.24, 2.45) is 0 Å². The van der Waals surface area contributed by atoms with Crippen LogP contribution in [0.15, 0.2) is 48.2 Å². The van der Waals surface area contributed by atoms with Gasteiger partial charge in [-0.25, -0.2) is 4.90 Å². The van der Waals surface area contributed by atoms with E-state index in [-0.39, 0.29) is 11.8 Å². The summed E-state index contributed by atoms with van der Waals surface area (Å²) in [6.07, 6.45) is 4.53. The van der Waals surface area contributed by atoms with E-state index in [9.17, 15) is 9.59 Å². The van der Waals surface area contributed by atoms with E-state index in [1.54, 1.807) is 0 Å². The predicted octanol–water partition coefficient (Wildman–Crippen LogP) is 4.28. The zero-order chi connectivity index (χ0) is 21.5. The fourth-order valence-electron chi connectivity index (χ4n) is 5.11. The maximum Gasteiger partial charge on any atom is 0.282 e. The lowest BCUT2D eigenvalue weighted by atomic mass is 9.97.